The van der Waals surface area contributed by atoms with E-state index in [0.29, 0.717) is 93.5 Å². The number of nitrogens with zero attached hydrogens (tertiary/aromatic N) is 7. The van der Waals surface area contributed by atoms with Crippen LogP contribution in [0, 0.1) is 0 Å². The largest absolute Gasteiger partial charge is 0.466 e. The molecule has 516 valence electrons. The second-order valence-corrected chi connectivity index (χ2v) is 26.0. The monoisotopic (exact) mass is 1500 g/mol. The Bertz CT molecular complexity index is 4130. The van der Waals surface area contributed by atoms with Gasteiger partial charge in [-0.25, -0.2) is 14.5 Å². The summed E-state index contributed by atoms with van der Waals surface area (Å²) in [6, 6.07) is 20.0. The molecule has 0 amide bonds. The lowest BCUT2D eigenvalue weighted by Crippen LogP contribution is -2.24. The fourth-order valence-electron chi connectivity index (χ4n) is 8.56. The summed E-state index contributed by atoms with van der Waals surface area (Å²) in [5, 5.41) is 43.0. The lowest BCUT2D eigenvalue weighted by Gasteiger charge is -2.13. The Balaban J connectivity index is 0.000000232. The van der Waals surface area contributed by atoms with Gasteiger partial charge in [-0.15, -0.1) is 25.5 Å². The molecule has 21 nitrogen and oxygen atoms in total. The summed E-state index contributed by atoms with van der Waals surface area (Å²) in [6.45, 7) is 18.7. The number of halogens is 9. The number of aromatic amines is 1. The normalized spacial score (nSPS) is 10.9. The van der Waals surface area contributed by atoms with E-state index >= 15 is 0 Å². The number of aryl methyl sites for hydroxylation is 2. The van der Waals surface area contributed by atoms with E-state index in [1.54, 1.807) is 86.9 Å². The van der Waals surface area contributed by atoms with Crippen molar-refractivity contribution in [1.82, 2.24) is 40.0 Å². The van der Waals surface area contributed by atoms with E-state index in [9.17, 15) is 24.0 Å². The van der Waals surface area contributed by atoms with Crippen LogP contribution in [0.15, 0.2) is 87.2 Å². The summed E-state index contributed by atoms with van der Waals surface area (Å²) in [4.78, 5) is 57.5. The smallest absolute Gasteiger partial charge is 0.302 e. The average molecular weight is 1500 g/mol. The van der Waals surface area contributed by atoms with E-state index in [-0.39, 0.29) is 119 Å². The first kappa shape index (κ1) is 80.0. The highest BCUT2D eigenvalue weighted by atomic mass is 35.5. The summed E-state index contributed by atoms with van der Waals surface area (Å²) in [5.41, 5.74) is 5.22. The van der Waals surface area contributed by atoms with Gasteiger partial charge in [0.2, 0.25) is 23.5 Å². The average Bonchev–Trinajstić information content (AvgIpc) is 0.852. The van der Waals surface area contributed by atoms with Crippen LogP contribution in [0.2, 0.25) is 45.3 Å². The van der Waals surface area contributed by atoms with Crippen molar-refractivity contribution in [3.05, 3.63) is 194 Å². The zero-order valence-electron chi connectivity index (χ0n) is 54.3. The Kier molecular flexibility index (Phi) is 31.5. The molecule has 96 heavy (non-hydrogen) atoms. The van der Waals surface area contributed by atoms with Crippen molar-refractivity contribution in [2.45, 2.75) is 119 Å². The van der Waals surface area contributed by atoms with E-state index < -0.39 is 0 Å². The zero-order chi connectivity index (χ0) is 71.4. The predicted molar refractivity (Wildman–Crippen MR) is 376 cm³/mol. The number of aliphatic hydroxyl groups is 2. The highest BCUT2D eigenvalue weighted by Crippen LogP contribution is 2.41. The molecule has 8 aromatic rings. The van der Waals surface area contributed by atoms with E-state index in [1.807, 2.05) is 55.4 Å². The van der Waals surface area contributed by atoms with Crippen molar-refractivity contribution in [1.29, 1.82) is 0 Å². The quantitative estimate of drug-likeness (QED) is 0.0532. The number of H-pyrrole nitrogens is 1. The minimum atomic E-state index is -0.345. The number of benzene rings is 4. The molecule has 30 heteroatoms. The molecule has 0 atom stereocenters. The van der Waals surface area contributed by atoms with Crippen molar-refractivity contribution < 1.29 is 48.2 Å². The maximum absolute atomic E-state index is 12.1. The van der Waals surface area contributed by atoms with Gasteiger partial charge < -0.3 is 38.6 Å². The Hall–Kier alpha value is -6.73. The number of hydrogen-bond acceptors (Lipinski definition) is 18. The minimum Gasteiger partial charge on any atom is -0.466 e. The van der Waals surface area contributed by atoms with Crippen LogP contribution < -0.4 is 35.6 Å². The number of carbonyl (C=O) groups excluding carboxylic acids is 2. The van der Waals surface area contributed by atoms with Gasteiger partial charge in [-0.3, -0.25) is 24.0 Å². The molecule has 0 saturated carbocycles. The van der Waals surface area contributed by atoms with Crippen LogP contribution in [0.3, 0.4) is 0 Å². The lowest BCUT2D eigenvalue weighted by molar-refractivity contribution is -0.141. The summed E-state index contributed by atoms with van der Waals surface area (Å²) in [5.74, 6) is 1.59. The van der Waals surface area contributed by atoms with E-state index in [0.717, 1.165) is 27.8 Å². The highest BCUT2D eigenvalue weighted by molar-refractivity contribution is 6.39. The molecule has 0 unspecified atom stereocenters. The van der Waals surface area contributed by atoms with Crippen molar-refractivity contribution in [2.24, 2.45) is 14.1 Å². The first-order valence-corrected chi connectivity index (χ1v) is 33.0. The fraction of sp³-hybridized carbons (Fsp3) is 0.364. The number of esters is 2. The Labute approximate surface area is 599 Å². The molecule has 0 fully saturated rings. The van der Waals surface area contributed by atoms with Crippen LogP contribution in [0.1, 0.15) is 137 Å². The van der Waals surface area contributed by atoms with Crippen molar-refractivity contribution in [2.75, 3.05) is 26.4 Å². The molecule has 4 aromatic heterocycles. The molecule has 0 aliphatic carbocycles. The van der Waals surface area contributed by atoms with E-state index in [1.165, 1.54) is 23.2 Å². The van der Waals surface area contributed by atoms with Gasteiger partial charge in [-0.2, -0.15) is 0 Å². The number of ether oxygens (including phenoxy) is 6. The number of aliphatic hydroxyl groups excluding tert-OH is 2. The molecule has 0 radical (unpaired) electrons. The number of rotatable bonds is 22. The molecule has 0 saturated heterocycles. The summed E-state index contributed by atoms with van der Waals surface area (Å²) in [7, 11) is 3.12. The molecule has 4 heterocycles. The van der Waals surface area contributed by atoms with Crippen molar-refractivity contribution >= 4 is 116 Å². The Morgan fingerprint density at radius 2 is 0.719 bits per heavy atom. The summed E-state index contributed by atoms with van der Waals surface area (Å²) in [6.07, 6.45) is 1.88. The first-order chi connectivity index (χ1) is 45.2. The molecule has 3 N–H and O–H groups in total. The Morgan fingerprint density at radius 3 is 1.03 bits per heavy atom. The third-order valence-corrected chi connectivity index (χ3v) is 16.0. The molecule has 8 rings (SSSR count). The topological polar surface area (TPSA) is 271 Å². The SMILES string of the molecule is CC(=O)OCCc1cc(Cl)c(Oc2cc(C(C)C)c(=O)[nH]n2)c(Cl)c1.CC(=O)OCCc1cc(Cl)c(Oc2cc(C(C)C)c(=O)n(C)n2)c(Cl)c1.CC(C)c1cc(Oc2c(Cl)cc(CCO)cc2Cl)nn(C)c1=O.CC(C)c1cc(Oc2c(Cl)cc(CCO)cc2Cl)nnc1Cl. The molecule has 0 spiro atoms. The number of aromatic nitrogens is 8. The van der Waals surface area contributed by atoms with Crippen LogP contribution in [0.4, 0.5) is 0 Å². The second kappa shape index (κ2) is 37.9. The second-order valence-electron chi connectivity index (χ2n) is 22.4. The zero-order valence-corrected chi connectivity index (χ0v) is 61.1. The molecule has 0 bridgehead atoms. The maximum Gasteiger partial charge on any atom is 0.302 e. The number of hydrogen-bond donors (Lipinski definition) is 3. The molecular weight excluding hydrogens is 1430 g/mol. The van der Waals surface area contributed by atoms with Crippen LogP contribution >= 0.6 is 104 Å². The van der Waals surface area contributed by atoms with Crippen LogP contribution in [-0.4, -0.2) is 88.5 Å². The minimum absolute atomic E-state index is 0.00691. The van der Waals surface area contributed by atoms with Gasteiger partial charge >= 0.3 is 11.9 Å². The van der Waals surface area contributed by atoms with Crippen molar-refractivity contribution in [3.8, 4) is 46.5 Å². The fourth-order valence-corrected chi connectivity index (χ4v) is 11.3. The van der Waals surface area contributed by atoms with Gasteiger partial charge in [0.15, 0.2) is 28.2 Å². The predicted octanol–water partition coefficient (Wildman–Crippen LogP) is 16.6. The Morgan fingerprint density at radius 1 is 0.427 bits per heavy atom. The van der Waals surface area contributed by atoms with Gasteiger partial charge in [-0.1, -0.05) is 160 Å². The van der Waals surface area contributed by atoms with Gasteiger partial charge in [0, 0.05) is 95.0 Å². The standard InChI is InChI=1S/C18H20Cl2N2O4.C17H18Cl2N2O4.C16H18Cl2N2O3.C15H15Cl3N2O2/c1-10(2)13-9-16(21-22(4)18(13)24)26-17-14(19)7-12(8-15(17)20)5-6-25-11(3)23;1-9(2)12-8-15(20-21-17(12)23)25-16-13(18)6-11(7-14(16)19)4-5-24-10(3)22;1-9(2)11-8-14(19-20(3)16(11)22)23-15-12(17)6-10(4-5-21)7-13(15)18;1-8(2)10-7-13(19-20-15(10)18)22-14-11(16)5-9(3-4-21)6-12(14)17/h7-10H,5-6H2,1-4H3;6-9H,4-5H2,1-3H3,(H,21,23);6-9,21H,4-5H2,1-3H3;5-8,21H,3-4H2,1-2H3. The molecule has 0 aliphatic heterocycles. The first-order valence-electron chi connectivity index (χ1n) is 29.6. The van der Waals surface area contributed by atoms with E-state index in [2.05, 4.69) is 30.6 Å². The third kappa shape index (κ3) is 23.8. The van der Waals surface area contributed by atoms with Gasteiger partial charge in [0.05, 0.1) is 53.4 Å². The summed E-state index contributed by atoms with van der Waals surface area (Å²) < 4.78 is 35.0. The maximum atomic E-state index is 12.1. The molecule has 0 aliphatic rings. The van der Waals surface area contributed by atoms with Gasteiger partial charge in [0.25, 0.3) is 16.7 Å². The van der Waals surface area contributed by atoms with E-state index in [4.69, 9.17) is 143 Å². The number of carbonyl (C=O) groups is 2. The van der Waals surface area contributed by atoms with Crippen LogP contribution in [-0.2, 0) is 58.8 Å². The lowest BCUT2D eigenvalue weighted by atomic mass is 10.1. The third-order valence-electron chi connectivity index (χ3n) is 13.4. The van der Waals surface area contributed by atoms with Crippen LogP contribution in [0.25, 0.3) is 0 Å². The van der Waals surface area contributed by atoms with Crippen molar-refractivity contribution in [3.63, 3.8) is 0 Å². The van der Waals surface area contributed by atoms with Gasteiger partial charge in [-0.05, 0) is 113 Å². The van der Waals surface area contributed by atoms with Crippen LogP contribution in [0.5, 0.6) is 46.5 Å². The highest BCUT2D eigenvalue weighted by Gasteiger charge is 2.21. The van der Waals surface area contributed by atoms with Gasteiger partial charge in [0.1, 0.15) is 0 Å². The molecule has 4 aromatic carbocycles. The summed E-state index contributed by atoms with van der Waals surface area (Å²) >= 11 is 55.9. The molecular formula is C66H71Cl9N8O13. The number of nitrogens with one attached hydrogen (secondary N) is 1.